The number of nitrogens with zero attached hydrogens (tertiary/aromatic N) is 1. The molecule has 120 valence electrons. The van der Waals surface area contributed by atoms with Crippen LogP contribution in [0.2, 0.25) is 0 Å². The van der Waals surface area contributed by atoms with Crippen LogP contribution in [0.3, 0.4) is 0 Å². The van der Waals surface area contributed by atoms with Crippen LogP contribution in [0.15, 0.2) is 30.3 Å². The van der Waals surface area contributed by atoms with Gasteiger partial charge >= 0.3 is 0 Å². The molecule has 2 nitrogen and oxygen atoms in total. The Morgan fingerprint density at radius 2 is 1.82 bits per heavy atom. The highest BCUT2D eigenvalue weighted by molar-refractivity contribution is 8.01. The first-order chi connectivity index (χ1) is 10.4. The van der Waals surface area contributed by atoms with Gasteiger partial charge in [0.15, 0.2) is 0 Å². The molecule has 3 heteroatoms. The molecule has 2 aliphatic rings. The maximum absolute atomic E-state index is 12.4. The van der Waals surface area contributed by atoms with Gasteiger partial charge in [0.05, 0.1) is 10.6 Å². The minimum atomic E-state index is 0.0642. The van der Waals surface area contributed by atoms with Gasteiger partial charge in [-0.2, -0.15) is 0 Å². The van der Waals surface area contributed by atoms with Crippen molar-refractivity contribution in [1.29, 1.82) is 0 Å². The van der Waals surface area contributed by atoms with Crippen LogP contribution in [-0.4, -0.2) is 21.4 Å². The highest BCUT2D eigenvalue weighted by Gasteiger charge is 2.48. The summed E-state index contributed by atoms with van der Waals surface area (Å²) in [6, 6.07) is 10.4. The molecule has 3 rings (SSSR count). The van der Waals surface area contributed by atoms with E-state index in [-0.39, 0.29) is 4.87 Å². The standard InChI is InChI=1S/C19H27NOS/c1-18(2,3)16-9-11-19(12-10-16)20(17(21)14-22-19)13-15-7-5-4-6-8-15/h4-8,16H,9-14H2,1-3H3. The SMILES string of the molecule is CC(C)(C)C1CCC2(CC1)SCC(=O)N2Cc1ccccc1. The van der Waals surface area contributed by atoms with Crippen molar-refractivity contribution in [3.05, 3.63) is 35.9 Å². The van der Waals surface area contributed by atoms with Crippen LogP contribution in [0.25, 0.3) is 0 Å². The zero-order chi connectivity index (χ0) is 15.8. The lowest BCUT2D eigenvalue weighted by Gasteiger charge is -2.46. The van der Waals surface area contributed by atoms with E-state index in [2.05, 4.69) is 49.9 Å². The summed E-state index contributed by atoms with van der Waals surface area (Å²) in [6.45, 7) is 7.83. The van der Waals surface area contributed by atoms with Gasteiger partial charge in [-0.15, -0.1) is 11.8 Å². The van der Waals surface area contributed by atoms with Crippen molar-refractivity contribution >= 4 is 17.7 Å². The molecule has 2 fully saturated rings. The number of carbonyl (C=O) groups is 1. The van der Waals surface area contributed by atoms with Gasteiger partial charge in [0.1, 0.15) is 0 Å². The molecule has 0 N–H and O–H groups in total. The molecule has 1 amide bonds. The molecule has 1 heterocycles. The minimum Gasteiger partial charge on any atom is -0.323 e. The van der Waals surface area contributed by atoms with Crippen molar-refractivity contribution in [1.82, 2.24) is 4.90 Å². The van der Waals surface area contributed by atoms with Crippen molar-refractivity contribution in [2.24, 2.45) is 11.3 Å². The Morgan fingerprint density at radius 1 is 1.18 bits per heavy atom. The van der Waals surface area contributed by atoms with Crippen LogP contribution in [0.5, 0.6) is 0 Å². The van der Waals surface area contributed by atoms with Crippen molar-refractivity contribution in [2.75, 3.05) is 5.75 Å². The summed E-state index contributed by atoms with van der Waals surface area (Å²) in [5.74, 6) is 1.77. The highest BCUT2D eigenvalue weighted by Crippen LogP contribution is 2.51. The average Bonchev–Trinajstić information content (AvgIpc) is 2.78. The van der Waals surface area contributed by atoms with Gasteiger partial charge in [-0.1, -0.05) is 51.1 Å². The summed E-state index contributed by atoms with van der Waals surface area (Å²) in [5.41, 5.74) is 1.63. The van der Waals surface area contributed by atoms with Crippen molar-refractivity contribution in [2.45, 2.75) is 57.9 Å². The van der Waals surface area contributed by atoms with Gasteiger partial charge in [-0.05, 0) is 42.6 Å². The first-order valence-electron chi connectivity index (χ1n) is 8.39. The topological polar surface area (TPSA) is 20.3 Å². The van der Waals surface area contributed by atoms with Crippen LogP contribution in [-0.2, 0) is 11.3 Å². The fraction of sp³-hybridized carbons (Fsp3) is 0.632. The molecular weight excluding hydrogens is 290 g/mol. The third-order valence-electron chi connectivity index (χ3n) is 5.43. The predicted molar refractivity (Wildman–Crippen MR) is 93.6 cm³/mol. The molecule has 1 spiro atoms. The lowest BCUT2D eigenvalue weighted by atomic mass is 9.71. The Balaban J connectivity index is 1.74. The average molecular weight is 317 g/mol. The van der Waals surface area contributed by atoms with Crippen LogP contribution in [0.1, 0.15) is 52.0 Å². The smallest absolute Gasteiger partial charge is 0.234 e. The van der Waals surface area contributed by atoms with Crippen LogP contribution >= 0.6 is 11.8 Å². The maximum Gasteiger partial charge on any atom is 0.234 e. The van der Waals surface area contributed by atoms with E-state index < -0.39 is 0 Å². The molecule has 1 aliphatic carbocycles. The predicted octanol–water partition coefficient (Wildman–Crippen LogP) is 4.69. The maximum atomic E-state index is 12.4. The molecule has 1 saturated carbocycles. The quantitative estimate of drug-likeness (QED) is 0.788. The third-order valence-corrected chi connectivity index (χ3v) is 6.99. The van der Waals surface area contributed by atoms with Gasteiger partial charge in [-0.3, -0.25) is 4.79 Å². The number of hydrogen-bond acceptors (Lipinski definition) is 2. The normalized spacial score (nSPS) is 29.3. The number of hydrogen-bond donors (Lipinski definition) is 0. The number of amides is 1. The Bertz CT molecular complexity index is 526. The molecule has 1 saturated heterocycles. The molecule has 1 aromatic carbocycles. The van der Waals surface area contributed by atoms with E-state index in [4.69, 9.17) is 0 Å². The van der Waals surface area contributed by atoms with E-state index in [1.54, 1.807) is 0 Å². The van der Waals surface area contributed by atoms with Gasteiger partial charge in [0, 0.05) is 6.54 Å². The molecule has 0 atom stereocenters. The molecule has 1 aromatic rings. The highest BCUT2D eigenvalue weighted by atomic mass is 32.2. The summed E-state index contributed by atoms with van der Waals surface area (Å²) < 4.78 is 0. The van der Waals surface area contributed by atoms with E-state index >= 15 is 0 Å². The Kier molecular flexibility index (Phi) is 4.28. The molecule has 0 unspecified atom stereocenters. The largest absolute Gasteiger partial charge is 0.323 e. The molecule has 0 radical (unpaired) electrons. The number of carbonyl (C=O) groups excluding carboxylic acids is 1. The molecule has 0 aromatic heterocycles. The fourth-order valence-electron chi connectivity index (χ4n) is 3.93. The second-order valence-electron chi connectivity index (χ2n) is 7.84. The molecule has 1 aliphatic heterocycles. The van der Waals surface area contributed by atoms with Crippen LogP contribution in [0, 0.1) is 11.3 Å². The summed E-state index contributed by atoms with van der Waals surface area (Å²) >= 11 is 1.89. The first-order valence-corrected chi connectivity index (χ1v) is 9.38. The summed E-state index contributed by atoms with van der Waals surface area (Å²) in [7, 11) is 0. The molecule has 22 heavy (non-hydrogen) atoms. The molecule has 0 bridgehead atoms. The minimum absolute atomic E-state index is 0.0642. The van der Waals surface area contributed by atoms with Crippen LogP contribution in [0.4, 0.5) is 0 Å². The van der Waals surface area contributed by atoms with E-state index in [1.165, 1.54) is 18.4 Å². The van der Waals surface area contributed by atoms with Crippen molar-refractivity contribution < 1.29 is 4.79 Å². The first kappa shape index (κ1) is 15.9. The second kappa shape index (κ2) is 5.92. The number of benzene rings is 1. The Hall–Kier alpha value is -0.960. The summed E-state index contributed by atoms with van der Waals surface area (Å²) in [5, 5.41) is 0. The van der Waals surface area contributed by atoms with E-state index in [0.29, 0.717) is 17.1 Å². The van der Waals surface area contributed by atoms with Gasteiger partial charge in [0.2, 0.25) is 5.91 Å². The molecular formula is C19H27NOS. The zero-order valence-electron chi connectivity index (χ0n) is 14.0. The lowest BCUT2D eigenvalue weighted by molar-refractivity contribution is -0.132. The Labute approximate surface area is 138 Å². The number of rotatable bonds is 2. The third kappa shape index (κ3) is 3.05. The fourth-order valence-corrected chi connectivity index (χ4v) is 5.32. The summed E-state index contributed by atoms with van der Waals surface area (Å²) in [6.07, 6.45) is 4.79. The van der Waals surface area contributed by atoms with E-state index in [9.17, 15) is 4.79 Å². The van der Waals surface area contributed by atoms with Gasteiger partial charge < -0.3 is 4.90 Å². The second-order valence-corrected chi connectivity index (χ2v) is 9.18. The monoisotopic (exact) mass is 317 g/mol. The Morgan fingerprint density at radius 3 is 2.41 bits per heavy atom. The van der Waals surface area contributed by atoms with Gasteiger partial charge in [0.25, 0.3) is 0 Å². The lowest BCUT2D eigenvalue weighted by Crippen LogP contribution is -2.47. The van der Waals surface area contributed by atoms with Crippen molar-refractivity contribution in [3.63, 3.8) is 0 Å². The van der Waals surface area contributed by atoms with Crippen LogP contribution < -0.4 is 0 Å². The van der Waals surface area contributed by atoms with E-state index in [1.807, 2.05) is 17.8 Å². The van der Waals surface area contributed by atoms with Crippen molar-refractivity contribution in [3.8, 4) is 0 Å². The van der Waals surface area contributed by atoms with E-state index in [0.717, 1.165) is 25.3 Å². The zero-order valence-corrected chi connectivity index (χ0v) is 14.8. The number of thioether (sulfide) groups is 1. The van der Waals surface area contributed by atoms with Gasteiger partial charge in [-0.25, -0.2) is 0 Å². The summed E-state index contributed by atoms with van der Waals surface area (Å²) in [4.78, 5) is 14.7.